The molecule has 6 heteroatoms. The number of hydrogen-bond acceptors (Lipinski definition) is 5. The number of nitrogens with zero attached hydrogens (tertiary/aromatic N) is 3. The molecule has 0 aromatic carbocycles. The van der Waals surface area contributed by atoms with Gasteiger partial charge in [-0.25, -0.2) is 0 Å². The Labute approximate surface area is 113 Å². The first-order valence-electron chi connectivity index (χ1n) is 6.74. The van der Waals surface area contributed by atoms with Crippen LogP contribution in [0, 0.1) is 0 Å². The molecule has 2 N–H and O–H groups in total. The van der Waals surface area contributed by atoms with Crippen LogP contribution < -0.4 is 5.73 Å². The number of aromatic nitrogens is 2. The van der Waals surface area contributed by atoms with Gasteiger partial charge in [-0.3, -0.25) is 9.69 Å². The molecule has 1 aliphatic heterocycles. The van der Waals surface area contributed by atoms with E-state index in [1.54, 1.807) is 0 Å². The molecule has 1 amide bonds. The molecule has 1 aliphatic rings. The van der Waals surface area contributed by atoms with E-state index >= 15 is 0 Å². The molecule has 0 spiro atoms. The van der Waals surface area contributed by atoms with E-state index in [1.807, 2.05) is 25.7 Å². The number of primary amides is 1. The van der Waals surface area contributed by atoms with Crippen LogP contribution in [0.5, 0.6) is 0 Å². The van der Waals surface area contributed by atoms with Gasteiger partial charge in [0.1, 0.15) is 0 Å². The zero-order chi connectivity index (χ0) is 14.0. The van der Waals surface area contributed by atoms with Crippen LogP contribution in [0.4, 0.5) is 0 Å². The predicted octanol–water partition coefficient (Wildman–Crippen LogP) is 1.21. The molecule has 19 heavy (non-hydrogen) atoms. The lowest BCUT2D eigenvalue weighted by molar-refractivity contribution is -0.124. The molecule has 106 valence electrons. The molecule has 1 fully saturated rings. The van der Waals surface area contributed by atoms with Gasteiger partial charge in [0, 0.05) is 5.41 Å². The van der Waals surface area contributed by atoms with Crippen LogP contribution in [0.25, 0.3) is 0 Å². The molecule has 1 aromatic heterocycles. The maximum atomic E-state index is 11.4. The van der Waals surface area contributed by atoms with Crippen LogP contribution in [-0.4, -0.2) is 33.5 Å². The molecule has 0 radical (unpaired) electrons. The fourth-order valence-corrected chi connectivity index (χ4v) is 2.31. The first-order valence-corrected chi connectivity index (χ1v) is 6.74. The summed E-state index contributed by atoms with van der Waals surface area (Å²) in [5, 5.41) is 3.99. The van der Waals surface area contributed by atoms with Crippen LogP contribution in [0.15, 0.2) is 4.52 Å². The van der Waals surface area contributed by atoms with Gasteiger partial charge in [-0.2, -0.15) is 4.98 Å². The minimum Gasteiger partial charge on any atom is -0.368 e. The van der Waals surface area contributed by atoms with Crippen LogP contribution >= 0.6 is 0 Å². The summed E-state index contributed by atoms with van der Waals surface area (Å²) in [5.74, 6) is 0.979. The lowest BCUT2D eigenvalue weighted by atomic mass is 9.97. The van der Waals surface area contributed by atoms with Crippen molar-refractivity contribution in [1.29, 1.82) is 0 Å². The number of hydrogen-bond donors (Lipinski definition) is 1. The molecule has 6 nitrogen and oxygen atoms in total. The molecule has 1 saturated heterocycles. The normalized spacial score (nSPS) is 21.5. The predicted molar refractivity (Wildman–Crippen MR) is 70.2 cm³/mol. The van der Waals surface area contributed by atoms with Crippen molar-refractivity contribution < 1.29 is 9.32 Å². The monoisotopic (exact) mass is 266 g/mol. The molecular formula is C13H22N4O2. The number of likely N-dealkylation sites (tertiary alicyclic amines) is 1. The Morgan fingerprint density at radius 1 is 1.47 bits per heavy atom. The average Bonchev–Trinajstić information content (AvgIpc) is 2.77. The van der Waals surface area contributed by atoms with E-state index in [2.05, 4.69) is 10.1 Å². The third kappa shape index (κ3) is 3.32. The number of carbonyl (C=O) groups is 1. The van der Waals surface area contributed by atoms with Crippen molar-refractivity contribution in [2.45, 2.75) is 58.0 Å². The Morgan fingerprint density at radius 3 is 2.79 bits per heavy atom. The van der Waals surface area contributed by atoms with Gasteiger partial charge in [-0.1, -0.05) is 32.3 Å². The first kappa shape index (κ1) is 14.0. The number of nitrogens with two attached hydrogens (primary N) is 1. The van der Waals surface area contributed by atoms with E-state index in [9.17, 15) is 4.79 Å². The zero-order valence-corrected chi connectivity index (χ0v) is 11.8. The van der Waals surface area contributed by atoms with E-state index in [4.69, 9.17) is 10.3 Å². The highest BCUT2D eigenvalue weighted by molar-refractivity contribution is 5.79. The summed E-state index contributed by atoms with van der Waals surface area (Å²) in [4.78, 5) is 17.9. The quantitative estimate of drug-likeness (QED) is 0.888. The van der Waals surface area contributed by atoms with Crippen LogP contribution in [0.1, 0.15) is 51.7 Å². The van der Waals surface area contributed by atoms with Gasteiger partial charge in [-0.15, -0.1) is 0 Å². The van der Waals surface area contributed by atoms with Gasteiger partial charge in [0.25, 0.3) is 0 Å². The fourth-order valence-electron chi connectivity index (χ4n) is 2.31. The van der Waals surface area contributed by atoms with Crippen molar-refractivity contribution in [3.63, 3.8) is 0 Å². The number of rotatable bonds is 3. The maximum absolute atomic E-state index is 11.4. The highest BCUT2D eigenvalue weighted by Crippen LogP contribution is 2.22. The van der Waals surface area contributed by atoms with Crippen molar-refractivity contribution in [2.75, 3.05) is 6.54 Å². The smallest absolute Gasteiger partial charge is 0.234 e. The van der Waals surface area contributed by atoms with E-state index < -0.39 is 0 Å². The summed E-state index contributed by atoms with van der Waals surface area (Å²) in [6, 6.07) is -0.203. The first-order chi connectivity index (χ1) is 8.88. The molecule has 0 bridgehead atoms. The molecule has 0 aliphatic carbocycles. The number of amides is 1. The van der Waals surface area contributed by atoms with Gasteiger partial charge in [-0.05, 0) is 19.4 Å². The molecule has 2 heterocycles. The lowest BCUT2D eigenvalue weighted by Crippen LogP contribution is -2.47. The topological polar surface area (TPSA) is 85.3 Å². The molecule has 1 atom stereocenters. The highest BCUT2D eigenvalue weighted by atomic mass is 16.5. The van der Waals surface area contributed by atoms with E-state index in [1.165, 1.54) is 0 Å². The Bertz CT molecular complexity index is 450. The SMILES string of the molecule is CC(C)(C)c1nc(CN2CCCCC2C(N)=O)no1. The average molecular weight is 266 g/mol. The summed E-state index contributed by atoms with van der Waals surface area (Å²) in [7, 11) is 0. The largest absolute Gasteiger partial charge is 0.368 e. The van der Waals surface area contributed by atoms with Gasteiger partial charge >= 0.3 is 0 Å². The molecule has 0 saturated carbocycles. The second-order valence-electron chi connectivity index (χ2n) is 6.15. The summed E-state index contributed by atoms with van der Waals surface area (Å²) in [6.45, 7) is 7.45. The minimum absolute atomic E-state index is 0.157. The van der Waals surface area contributed by atoms with E-state index in [0.717, 1.165) is 25.8 Å². The summed E-state index contributed by atoms with van der Waals surface area (Å²) < 4.78 is 5.26. The Balaban J connectivity index is 2.07. The molecule has 1 aromatic rings. The second kappa shape index (κ2) is 5.28. The molecule has 2 rings (SSSR count). The van der Waals surface area contributed by atoms with Gasteiger partial charge in [0.15, 0.2) is 5.82 Å². The number of piperidine rings is 1. The third-order valence-electron chi connectivity index (χ3n) is 3.40. The summed E-state index contributed by atoms with van der Waals surface area (Å²) in [6.07, 6.45) is 2.94. The van der Waals surface area contributed by atoms with Crippen molar-refractivity contribution in [1.82, 2.24) is 15.0 Å². The van der Waals surface area contributed by atoms with Crippen LogP contribution in [0.2, 0.25) is 0 Å². The summed E-state index contributed by atoms with van der Waals surface area (Å²) >= 11 is 0. The maximum Gasteiger partial charge on any atom is 0.234 e. The number of carbonyl (C=O) groups excluding carboxylic acids is 1. The van der Waals surface area contributed by atoms with Gasteiger partial charge < -0.3 is 10.3 Å². The Hall–Kier alpha value is -1.43. The van der Waals surface area contributed by atoms with Crippen molar-refractivity contribution in [3.8, 4) is 0 Å². The van der Waals surface area contributed by atoms with Gasteiger partial charge in [0.2, 0.25) is 11.8 Å². The van der Waals surface area contributed by atoms with Crippen molar-refractivity contribution >= 4 is 5.91 Å². The van der Waals surface area contributed by atoms with Crippen molar-refractivity contribution in [3.05, 3.63) is 11.7 Å². The summed E-state index contributed by atoms with van der Waals surface area (Å²) in [5.41, 5.74) is 5.28. The van der Waals surface area contributed by atoms with E-state index in [0.29, 0.717) is 18.3 Å². The van der Waals surface area contributed by atoms with Crippen molar-refractivity contribution in [2.24, 2.45) is 5.73 Å². The fraction of sp³-hybridized carbons (Fsp3) is 0.769. The van der Waals surface area contributed by atoms with Gasteiger partial charge in [0.05, 0.1) is 12.6 Å². The lowest BCUT2D eigenvalue weighted by Gasteiger charge is -2.32. The Morgan fingerprint density at radius 2 is 2.21 bits per heavy atom. The second-order valence-corrected chi connectivity index (χ2v) is 6.15. The zero-order valence-electron chi connectivity index (χ0n) is 11.8. The van der Waals surface area contributed by atoms with Crippen LogP contribution in [-0.2, 0) is 16.8 Å². The standard InChI is InChI=1S/C13H22N4O2/c1-13(2,3)12-15-10(16-19-12)8-17-7-5-4-6-9(17)11(14)18/h9H,4-8H2,1-3H3,(H2,14,18). The van der Waals surface area contributed by atoms with Crippen LogP contribution in [0.3, 0.4) is 0 Å². The van der Waals surface area contributed by atoms with E-state index in [-0.39, 0.29) is 17.4 Å². The Kier molecular flexibility index (Phi) is 3.89. The highest BCUT2D eigenvalue weighted by Gasteiger charge is 2.29. The molecular weight excluding hydrogens is 244 g/mol. The third-order valence-corrected chi connectivity index (χ3v) is 3.40. The minimum atomic E-state index is -0.265. The molecule has 1 unspecified atom stereocenters.